The topological polar surface area (TPSA) is 0 Å². The summed E-state index contributed by atoms with van der Waals surface area (Å²) in [6, 6.07) is 0. The largest absolute Gasteiger partial charge is 0.0654 e. The summed E-state index contributed by atoms with van der Waals surface area (Å²) in [7, 11) is 0. The minimum absolute atomic E-state index is 0.998. The van der Waals surface area contributed by atoms with E-state index in [0.717, 1.165) is 6.42 Å². The average molecular weight is 252 g/mol. The lowest BCUT2D eigenvalue weighted by Crippen LogP contribution is -1.83. The fourth-order valence-corrected chi connectivity index (χ4v) is 2.45. The van der Waals surface area contributed by atoms with Crippen molar-refractivity contribution in [1.82, 2.24) is 0 Å². The summed E-state index contributed by atoms with van der Waals surface area (Å²) in [5, 5.41) is 0. The van der Waals surface area contributed by atoms with E-state index in [0.29, 0.717) is 0 Å². The number of unbranched alkanes of at least 4 members (excludes halogenated alkanes) is 15. The Morgan fingerprint density at radius 3 is 1.39 bits per heavy atom. The zero-order chi connectivity index (χ0) is 13.3. The van der Waals surface area contributed by atoms with Gasteiger partial charge in [-0.3, -0.25) is 0 Å². The van der Waals surface area contributed by atoms with Crippen molar-refractivity contribution in [3.63, 3.8) is 0 Å². The monoisotopic (exact) mass is 252 g/mol. The maximum Gasteiger partial charge on any atom is -0.0386 e. The average Bonchev–Trinajstić information content (AvgIpc) is 2.39. The van der Waals surface area contributed by atoms with Crippen molar-refractivity contribution in [3.05, 3.63) is 13.3 Å². The Morgan fingerprint density at radius 2 is 1.00 bits per heavy atom. The third-order valence-electron chi connectivity index (χ3n) is 3.72. The van der Waals surface area contributed by atoms with E-state index in [4.69, 9.17) is 0 Å². The molecule has 2 radical (unpaired) electrons. The molecule has 0 aromatic rings. The fourth-order valence-electron chi connectivity index (χ4n) is 2.45. The number of hydrogen-bond donors (Lipinski definition) is 0. The molecule has 0 atom stereocenters. The minimum atomic E-state index is 0.998. The molecule has 0 fully saturated rings. The SMILES string of the molecule is [CH2]C[CH]CCCCCCCCCCCCCCC. The summed E-state index contributed by atoms with van der Waals surface area (Å²) in [6.45, 7) is 6.12. The van der Waals surface area contributed by atoms with E-state index in [1.54, 1.807) is 0 Å². The molecule has 0 saturated carbocycles. The van der Waals surface area contributed by atoms with Crippen LogP contribution in [0.5, 0.6) is 0 Å². The minimum Gasteiger partial charge on any atom is -0.0654 e. The molecule has 108 valence electrons. The Bertz CT molecular complexity index is 112. The lowest BCUT2D eigenvalue weighted by Gasteiger charge is -2.02. The van der Waals surface area contributed by atoms with E-state index >= 15 is 0 Å². The molecule has 0 heterocycles. The first-order valence-corrected chi connectivity index (χ1v) is 8.52. The molecule has 0 heteroatoms. The highest BCUT2D eigenvalue weighted by Crippen LogP contribution is 2.13. The van der Waals surface area contributed by atoms with E-state index in [2.05, 4.69) is 20.3 Å². The summed E-state index contributed by atoms with van der Waals surface area (Å²) in [5.74, 6) is 0. The second-order valence-corrected chi connectivity index (χ2v) is 5.61. The molecular weight excluding hydrogens is 216 g/mol. The molecule has 0 aromatic carbocycles. The third-order valence-corrected chi connectivity index (χ3v) is 3.72. The van der Waals surface area contributed by atoms with E-state index < -0.39 is 0 Å². The smallest absolute Gasteiger partial charge is 0.0386 e. The van der Waals surface area contributed by atoms with Crippen molar-refractivity contribution in [2.45, 2.75) is 103 Å². The van der Waals surface area contributed by atoms with Crippen LogP contribution in [0.1, 0.15) is 103 Å². The van der Waals surface area contributed by atoms with Crippen LogP contribution in [0.2, 0.25) is 0 Å². The van der Waals surface area contributed by atoms with Crippen LogP contribution < -0.4 is 0 Å². The van der Waals surface area contributed by atoms with Gasteiger partial charge in [0.25, 0.3) is 0 Å². The molecule has 0 nitrogen and oxygen atoms in total. The molecule has 0 aliphatic heterocycles. The first-order chi connectivity index (χ1) is 8.91. The van der Waals surface area contributed by atoms with Crippen LogP contribution >= 0.6 is 0 Å². The fraction of sp³-hybridized carbons (Fsp3) is 0.889. The van der Waals surface area contributed by atoms with Gasteiger partial charge in [0.2, 0.25) is 0 Å². The third kappa shape index (κ3) is 16.0. The van der Waals surface area contributed by atoms with Gasteiger partial charge in [-0.2, -0.15) is 0 Å². The number of hydrogen-bond acceptors (Lipinski definition) is 0. The summed E-state index contributed by atoms with van der Waals surface area (Å²) in [6.07, 6.45) is 23.4. The first-order valence-electron chi connectivity index (χ1n) is 8.52. The number of rotatable bonds is 15. The quantitative estimate of drug-likeness (QED) is 0.278. The van der Waals surface area contributed by atoms with Gasteiger partial charge >= 0.3 is 0 Å². The zero-order valence-corrected chi connectivity index (χ0v) is 12.9. The maximum atomic E-state index is 3.83. The lowest BCUT2D eigenvalue weighted by atomic mass is 10.0. The molecule has 0 rings (SSSR count). The molecule has 0 amide bonds. The van der Waals surface area contributed by atoms with Gasteiger partial charge in [0.15, 0.2) is 0 Å². The highest BCUT2D eigenvalue weighted by molar-refractivity contribution is 4.64. The summed E-state index contributed by atoms with van der Waals surface area (Å²) in [4.78, 5) is 0. The highest BCUT2D eigenvalue weighted by Gasteiger charge is 1.93. The Hall–Kier alpha value is 0. The molecule has 0 aliphatic rings. The van der Waals surface area contributed by atoms with Crippen LogP contribution in [0.25, 0.3) is 0 Å². The van der Waals surface area contributed by atoms with Crippen molar-refractivity contribution in [2.75, 3.05) is 0 Å². The Labute approximate surface area is 117 Å². The molecule has 0 N–H and O–H groups in total. The normalized spacial score (nSPS) is 11.0. The van der Waals surface area contributed by atoms with Crippen LogP contribution in [0.3, 0.4) is 0 Å². The van der Waals surface area contributed by atoms with Crippen molar-refractivity contribution >= 4 is 0 Å². The molecule has 0 unspecified atom stereocenters. The van der Waals surface area contributed by atoms with Crippen LogP contribution in [0.4, 0.5) is 0 Å². The van der Waals surface area contributed by atoms with Gasteiger partial charge in [0.1, 0.15) is 0 Å². The van der Waals surface area contributed by atoms with Crippen molar-refractivity contribution in [3.8, 4) is 0 Å². The van der Waals surface area contributed by atoms with Crippen LogP contribution in [0, 0.1) is 13.3 Å². The highest BCUT2D eigenvalue weighted by atomic mass is 14.0. The van der Waals surface area contributed by atoms with Gasteiger partial charge in [-0.1, -0.05) is 110 Å². The Balaban J connectivity index is 2.86. The van der Waals surface area contributed by atoms with Gasteiger partial charge in [-0.15, -0.1) is 0 Å². The predicted octanol–water partition coefficient (Wildman–Crippen LogP) is 6.90. The van der Waals surface area contributed by atoms with Gasteiger partial charge in [0, 0.05) is 0 Å². The van der Waals surface area contributed by atoms with Crippen molar-refractivity contribution in [2.24, 2.45) is 0 Å². The van der Waals surface area contributed by atoms with E-state index in [9.17, 15) is 0 Å². The second-order valence-electron chi connectivity index (χ2n) is 5.61. The maximum absolute atomic E-state index is 3.83. The van der Waals surface area contributed by atoms with Crippen molar-refractivity contribution in [1.29, 1.82) is 0 Å². The standard InChI is InChI=1S/C18H36/c1-3-5-7-9-11-13-15-17-18-16-14-12-10-8-6-4-2/h5H,1,3-4,6-18H2,2H3. The van der Waals surface area contributed by atoms with E-state index in [1.807, 2.05) is 0 Å². The second kappa shape index (κ2) is 17.0. The van der Waals surface area contributed by atoms with Gasteiger partial charge in [-0.25, -0.2) is 0 Å². The van der Waals surface area contributed by atoms with Crippen LogP contribution in [-0.4, -0.2) is 0 Å². The first kappa shape index (κ1) is 18.0. The zero-order valence-electron chi connectivity index (χ0n) is 12.9. The van der Waals surface area contributed by atoms with Gasteiger partial charge < -0.3 is 0 Å². The molecule has 18 heavy (non-hydrogen) atoms. The molecule has 0 saturated heterocycles. The Kier molecular flexibility index (Phi) is 17.0. The summed E-state index contributed by atoms with van der Waals surface area (Å²) >= 11 is 0. The Morgan fingerprint density at radius 1 is 0.611 bits per heavy atom. The van der Waals surface area contributed by atoms with Crippen LogP contribution in [-0.2, 0) is 0 Å². The van der Waals surface area contributed by atoms with E-state index in [-0.39, 0.29) is 0 Å². The van der Waals surface area contributed by atoms with Crippen molar-refractivity contribution < 1.29 is 0 Å². The summed E-state index contributed by atoms with van der Waals surface area (Å²) < 4.78 is 0. The van der Waals surface area contributed by atoms with Gasteiger partial charge in [-0.05, 0) is 6.42 Å². The van der Waals surface area contributed by atoms with E-state index in [1.165, 1.54) is 89.9 Å². The molecular formula is C18H36. The molecule has 0 aromatic heterocycles. The summed E-state index contributed by atoms with van der Waals surface area (Å²) in [5.41, 5.74) is 0. The molecule has 0 aliphatic carbocycles. The molecule has 0 bridgehead atoms. The lowest BCUT2D eigenvalue weighted by molar-refractivity contribution is 0.538. The molecule has 0 spiro atoms. The van der Waals surface area contributed by atoms with Crippen LogP contribution in [0.15, 0.2) is 0 Å². The predicted molar refractivity (Wildman–Crippen MR) is 84.6 cm³/mol. The van der Waals surface area contributed by atoms with Gasteiger partial charge in [0.05, 0.1) is 0 Å².